The number of rotatable bonds is 3. The van der Waals surface area contributed by atoms with Crippen LogP contribution in [-0.4, -0.2) is 24.9 Å². The lowest BCUT2D eigenvalue weighted by Gasteiger charge is -2.17. The first-order chi connectivity index (χ1) is 10.2. The first-order valence-corrected chi connectivity index (χ1v) is 6.58. The van der Waals surface area contributed by atoms with Gasteiger partial charge in [0.25, 0.3) is 0 Å². The first-order valence-electron chi connectivity index (χ1n) is 6.58. The van der Waals surface area contributed by atoms with Crippen LogP contribution < -0.4 is 0 Å². The number of nitrogens with zero attached hydrogens (tertiary/aromatic N) is 1. The summed E-state index contributed by atoms with van der Waals surface area (Å²) in [7, 11) is 1.47. The molecular formula is C17H13NO3. The maximum atomic E-state index is 12.5. The molecule has 3 rings (SSSR count). The van der Waals surface area contributed by atoms with E-state index in [1.165, 1.54) is 7.11 Å². The normalized spacial score (nSPS) is 13.2. The van der Waals surface area contributed by atoms with Crippen LogP contribution in [0, 0.1) is 0 Å². The molecule has 0 unspecified atom stereocenters. The van der Waals surface area contributed by atoms with Crippen LogP contribution in [0.5, 0.6) is 0 Å². The van der Waals surface area contributed by atoms with Crippen LogP contribution in [0.4, 0.5) is 0 Å². The van der Waals surface area contributed by atoms with Crippen molar-refractivity contribution < 1.29 is 14.4 Å². The van der Waals surface area contributed by atoms with Crippen LogP contribution in [-0.2, 0) is 11.3 Å². The number of hydrogen-bond acceptors (Lipinski definition) is 4. The number of oxime groups is 1. The molecule has 0 heterocycles. The third kappa shape index (κ3) is 2.25. The quantitative estimate of drug-likeness (QED) is 0.547. The lowest BCUT2D eigenvalue weighted by atomic mass is 9.83. The smallest absolute Gasteiger partial charge is 0.194 e. The summed E-state index contributed by atoms with van der Waals surface area (Å²) in [5, 5.41) is 3.67. The third-order valence-electron chi connectivity index (χ3n) is 3.50. The molecule has 0 radical (unpaired) electrons. The molecule has 0 fully saturated rings. The van der Waals surface area contributed by atoms with Crippen molar-refractivity contribution in [3.05, 3.63) is 70.3 Å². The van der Waals surface area contributed by atoms with Gasteiger partial charge in [-0.05, 0) is 11.6 Å². The van der Waals surface area contributed by atoms with E-state index in [1.807, 2.05) is 6.07 Å². The summed E-state index contributed by atoms with van der Waals surface area (Å²) in [5.74, 6) is -0.206. The fourth-order valence-corrected chi connectivity index (χ4v) is 2.49. The lowest BCUT2D eigenvalue weighted by molar-refractivity contribution is 0.0979. The van der Waals surface area contributed by atoms with Gasteiger partial charge in [-0.3, -0.25) is 9.59 Å². The lowest BCUT2D eigenvalue weighted by Crippen LogP contribution is -2.21. The SMILES string of the molecule is CO/N=C\Cc1ccc2c(c1)C(=O)c1ccccc1C2=O. The van der Waals surface area contributed by atoms with Crippen molar-refractivity contribution in [1.82, 2.24) is 0 Å². The van der Waals surface area contributed by atoms with E-state index >= 15 is 0 Å². The van der Waals surface area contributed by atoms with Crippen molar-refractivity contribution in [1.29, 1.82) is 0 Å². The van der Waals surface area contributed by atoms with E-state index in [9.17, 15) is 9.59 Å². The number of hydrogen-bond donors (Lipinski definition) is 0. The van der Waals surface area contributed by atoms with Gasteiger partial charge in [-0.25, -0.2) is 0 Å². The van der Waals surface area contributed by atoms with Crippen molar-refractivity contribution in [2.24, 2.45) is 5.16 Å². The van der Waals surface area contributed by atoms with Crippen molar-refractivity contribution in [3.63, 3.8) is 0 Å². The van der Waals surface area contributed by atoms with Gasteiger partial charge in [0, 0.05) is 34.9 Å². The minimum atomic E-state index is -0.106. The molecule has 1 aliphatic carbocycles. The zero-order chi connectivity index (χ0) is 14.8. The molecule has 0 atom stereocenters. The van der Waals surface area contributed by atoms with Crippen LogP contribution in [0.3, 0.4) is 0 Å². The molecule has 0 amide bonds. The van der Waals surface area contributed by atoms with E-state index < -0.39 is 0 Å². The van der Waals surface area contributed by atoms with Gasteiger partial charge in [-0.1, -0.05) is 41.6 Å². The van der Waals surface area contributed by atoms with Gasteiger partial charge < -0.3 is 4.84 Å². The topological polar surface area (TPSA) is 55.7 Å². The molecule has 2 aromatic carbocycles. The predicted octanol–water partition coefficient (Wildman–Crippen LogP) is 2.64. The van der Waals surface area contributed by atoms with Crippen LogP contribution in [0.2, 0.25) is 0 Å². The van der Waals surface area contributed by atoms with Gasteiger partial charge in [0.1, 0.15) is 7.11 Å². The maximum Gasteiger partial charge on any atom is 0.194 e. The van der Waals surface area contributed by atoms with Gasteiger partial charge in [-0.2, -0.15) is 0 Å². The van der Waals surface area contributed by atoms with Gasteiger partial charge in [0.2, 0.25) is 0 Å². The summed E-state index contributed by atoms with van der Waals surface area (Å²) in [6.45, 7) is 0. The molecule has 21 heavy (non-hydrogen) atoms. The van der Waals surface area contributed by atoms with Gasteiger partial charge in [0.15, 0.2) is 11.6 Å². The Kier molecular flexibility index (Phi) is 3.36. The Bertz CT molecular complexity index is 762. The van der Waals surface area contributed by atoms with E-state index in [1.54, 1.807) is 42.6 Å². The molecule has 4 heteroatoms. The van der Waals surface area contributed by atoms with Gasteiger partial charge >= 0.3 is 0 Å². The summed E-state index contributed by atoms with van der Waals surface area (Å²) < 4.78 is 0. The average Bonchev–Trinajstić information content (AvgIpc) is 2.53. The van der Waals surface area contributed by atoms with Gasteiger partial charge in [-0.15, -0.1) is 0 Å². The third-order valence-corrected chi connectivity index (χ3v) is 3.50. The second-order valence-electron chi connectivity index (χ2n) is 4.76. The van der Waals surface area contributed by atoms with E-state index in [-0.39, 0.29) is 11.6 Å². The Morgan fingerprint density at radius 3 is 2.24 bits per heavy atom. The standard InChI is InChI=1S/C17H13NO3/c1-21-18-9-8-11-6-7-14-15(10-11)17(20)13-5-3-2-4-12(13)16(14)19/h2-7,9-10H,8H2,1H3/b18-9-. The Morgan fingerprint density at radius 2 is 1.57 bits per heavy atom. The Morgan fingerprint density at radius 1 is 0.952 bits per heavy atom. The summed E-state index contributed by atoms with van der Waals surface area (Å²) in [5.41, 5.74) is 2.78. The number of ketones is 2. The highest BCUT2D eigenvalue weighted by molar-refractivity contribution is 6.28. The van der Waals surface area contributed by atoms with Crippen molar-refractivity contribution in [3.8, 4) is 0 Å². The molecule has 2 aromatic rings. The van der Waals surface area contributed by atoms with Crippen LogP contribution in [0.1, 0.15) is 37.4 Å². The van der Waals surface area contributed by atoms with Crippen LogP contribution >= 0.6 is 0 Å². The maximum absolute atomic E-state index is 12.5. The molecule has 4 nitrogen and oxygen atoms in total. The van der Waals surface area contributed by atoms with Crippen LogP contribution in [0.15, 0.2) is 47.6 Å². The highest BCUT2D eigenvalue weighted by atomic mass is 16.6. The van der Waals surface area contributed by atoms with E-state index in [0.717, 1.165) is 5.56 Å². The van der Waals surface area contributed by atoms with E-state index in [4.69, 9.17) is 0 Å². The second-order valence-corrected chi connectivity index (χ2v) is 4.76. The highest BCUT2D eigenvalue weighted by Crippen LogP contribution is 2.27. The molecule has 104 valence electrons. The molecule has 0 bridgehead atoms. The number of carbonyl (C=O) groups excluding carboxylic acids is 2. The molecule has 0 spiro atoms. The minimum absolute atomic E-state index is 0.0997. The monoisotopic (exact) mass is 279 g/mol. The number of fused-ring (bicyclic) bond motifs is 2. The molecular weight excluding hydrogens is 266 g/mol. The minimum Gasteiger partial charge on any atom is -0.399 e. The van der Waals surface area contributed by atoms with Crippen molar-refractivity contribution in [2.75, 3.05) is 7.11 Å². The fraction of sp³-hybridized carbons (Fsp3) is 0.118. The summed E-state index contributed by atoms with van der Waals surface area (Å²) in [4.78, 5) is 29.6. The Balaban J connectivity index is 2.04. The molecule has 0 aliphatic heterocycles. The summed E-state index contributed by atoms with van der Waals surface area (Å²) in [6, 6.07) is 12.2. The molecule has 0 N–H and O–H groups in total. The molecule has 0 saturated heterocycles. The zero-order valence-corrected chi connectivity index (χ0v) is 11.5. The Labute approximate surface area is 122 Å². The van der Waals surface area contributed by atoms with Gasteiger partial charge in [0.05, 0.1) is 0 Å². The first kappa shape index (κ1) is 13.2. The highest BCUT2D eigenvalue weighted by Gasteiger charge is 2.29. The summed E-state index contributed by atoms with van der Waals surface area (Å²) in [6.07, 6.45) is 2.16. The van der Waals surface area contributed by atoms with Crippen molar-refractivity contribution >= 4 is 17.8 Å². The van der Waals surface area contributed by atoms with Crippen LogP contribution in [0.25, 0.3) is 0 Å². The Hall–Kier alpha value is -2.75. The second kappa shape index (κ2) is 5.32. The largest absolute Gasteiger partial charge is 0.399 e. The predicted molar refractivity (Wildman–Crippen MR) is 79.0 cm³/mol. The van der Waals surface area contributed by atoms with Crippen molar-refractivity contribution in [2.45, 2.75) is 6.42 Å². The van der Waals surface area contributed by atoms with E-state index in [0.29, 0.717) is 28.7 Å². The molecule has 0 aromatic heterocycles. The number of carbonyl (C=O) groups is 2. The molecule has 0 saturated carbocycles. The summed E-state index contributed by atoms with van der Waals surface area (Å²) >= 11 is 0. The average molecular weight is 279 g/mol. The fourth-order valence-electron chi connectivity index (χ4n) is 2.49. The zero-order valence-electron chi connectivity index (χ0n) is 11.5. The number of benzene rings is 2. The molecule has 1 aliphatic rings. The van der Waals surface area contributed by atoms with E-state index in [2.05, 4.69) is 9.99 Å².